The quantitative estimate of drug-likeness (QED) is 0.796. The zero-order chi connectivity index (χ0) is 14.1. The van der Waals surface area contributed by atoms with Gasteiger partial charge in [-0.2, -0.15) is 0 Å². The second-order valence-electron chi connectivity index (χ2n) is 4.43. The van der Waals surface area contributed by atoms with E-state index in [4.69, 9.17) is 9.47 Å². The van der Waals surface area contributed by atoms with Crippen LogP contribution in [0.3, 0.4) is 0 Å². The van der Waals surface area contributed by atoms with Crippen molar-refractivity contribution in [2.24, 2.45) is 0 Å². The highest BCUT2D eigenvalue weighted by atomic mass is 32.1. The van der Waals surface area contributed by atoms with Crippen molar-refractivity contribution in [2.75, 3.05) is 13.7 Å². The van der Waals surface area contributed by atoms with E-state index in [0.29, 0.717) is 22.6 Å². The molecule has 0 N–H and O–H groups in total. The normalized spacial score (nSPS) is 15.9. The Hall–Kier alpha value is -2.14. The van der Waals surface area contributed by atoms with Gasteiger partial charge in [0, 0.05) is 5.57 Å². The van der Waals surface area contributed by atoms with Gasteiger partial charge in [0.15, 0.2) is 17.3 Å². The maximum atomic E-state index is 12.5. The number of carbonyl (C=O) groups excluding carboxylic acids is 1. The van der Waals surface area contributed by atoms with E-state index < -0.39 is 0 Å². The third kappa shape index (κ3) is 2.10. The standard InChI is InChI=1S/C15H13NO3S/c1-9-13(20-8-16-9)6-10-7-19-15-11(14(10)17)4-3-5-12(15)18-2/h3-6,8H,7H2,1-2H3. The fourth-order valence-electron chi connectivity index (χ4n) is 2.11. The van der Waals surface area contributed by atoms with Gasteiger partial charge in [-0.1, -0.05) is 6.07 Å². The van der Waals surface area contributed by atoms with Gasteiger partial charge in [0.2, 0.25) is 0 Å². The van der Waals surface area contributed by atoms with Crippen molar-refractivity contribution < 1.29 is 14.3 Å². The molecule has 1 aromatic carbocycles. The first-order valence-electron chi connectivity index (χ1n) is 6.16. The van der Waals surface area contributed by atoms with Crippen LogP contribution in [0.4, 0.5) is 0 Å². The molecule has 3 rings (SSSR count). The molecular formula is C15H13NO3S. The molecule has 1 aromatic heterocycles. The van der Waals surface area contributed by atoms with E-state index in [0.717, 1.165) is 10.6 Å². The average Bonchev–Trinajstić information content (AvgIpc) is 2.87. The van der Waals surface area contributed by atoms with E-state index in [2.05, 4.69) is 4.98 Å². The predicted molar refractivity (Wildman–Crippen MR) is 77.6 cm³/mol. The Morgan fingerprint density at radius 1 is 1.45 bits per heavy atom. The van der Waals surface area contributed by atoms with Gasteiger partial charge in [-0.05, 0) is 25.1 Å². The highest BCUT2D eigenvalue weighted by Gasteiger charge is 2.26. The molecule has 1 aliphatic heterocycles. The number of nitrogens with zero attached hydrogens (tertiary/aromatic N) is 1. The Balaban J connectivity index is 2.02. The zero-order valence-corrected chi connectivity index (χ0v) is 12.0. The van der Waals surface area contributed by atoms with E-state index in [1.54, 1.807) is 30.8 Å². The summed E-state index contributed by atoms with van der Waals surface area (Å²) in [7, 11) is 1.56. The van der Waals surface area contributed by atoms with Crippen molar-refractivity contribution in [3.05, 3.63) is 45.4 Å². The molecule has 0 radical (unpaired) electrons. The summed E-state index contributed by atoms with van der Waals surface area (Å²) in [6.07, 6.45) is 1.86. The van der Waals surface area contributed by atoms with Gasteiger partial charge in [-0.15, -0.1) is 11.3 Å². The molecule has 102 valence electrons. The summed E-state index contributed by atoms with van der Waals surface area (Å²) in [5.41, 5.74) is 3.88. The number of hydrogen-bond acceptors (Lipinski definition) is 5. The first kappa shape index (κ1) is 12.9. The molecule has 0 atom stereocenters. The third-order valence-electron chi connectivity index (χ3n) is 3.20. The second-order valence-corrected chi connectivity index (χ2v) is 5.31. The van der Waals surface area contributed by atoms with E-state index in [9.17, 15) is 4.79 Å². The van der Waals surface area contributed by atoms with Crippen LogP contribution < -0.4 is 9.47 Å². The van der Waals surface area contributed by atoms with E-state index in [1.165, 1.54) is 11.3 Å². The number of fused-ring (bicyclic) bond motifs is 1. The predicted octanol–water partition coefficient (Wildman–Crippen LogP) is 3.12. The monoisotopic (exact) mass is 287 g/mol. The van der Waals surface area contributed by atoms with Gasteiger partial charge >= 0.3 is 0 Å². The molecule has 0 fully saturated rings. The van der Waals surface area contributed by atoms with Crippen molar-refractivity contribution in [3.8, 4) is 11.5 Å². The molecule has 0 amide bonds. The number of thiazole rings is 1. The molecular weight excluding hydrogens is 274 g/mol. The number of hydrogen-bond donors (Lipinski definition) is 0. The molecule has 0 aliphatic carbocycles. The Labute approximate surface area is 120 Å². The minimum atomic E-state index is -0.0158. The van der Waals surface area contributed by atoms with Crippen LogP contribution in [0, 0.1) is 6.92 Å². The number of benzene rings is 1. The van der Waals surface area contributed by atoms with Crippen LogP contribution >= 0.6 is 11.3 Å². The fourth-order valence-corrected chi connectivity index (χ4v) is 2.87. The highest BCUT2D eigenvalue weighted by Crippen LogP contribution is 2.36. The Kier molecular flexibility index (Phi) is 3.28. The summed E-state index contributed by atoms with van der Waals surface area (Å²) in [6, 6.07) is 5.33. The number of rotatable bonds is 2. The lowest BCUT2D eigenvalue weighted by Crippen LogP contribution is -2.19. The first-order valence-corrected chi connectivity index (χ1v) is 7.04. The number of carbonyl (C=O) groups is 1. The van der Waals surface area contributed by atoms with Crippen LogP contribution in [0.5, 0.6) is 11.5 Å². The largest absolute Gasteiger partial charge is 0.493 e. The first-order chi connectivity index (χ1) is 9.70. The molecule has 0 saturated carbocycles. The van der Waals surface area contributed by atoms with Crippen molar-refractivity contribution in [3.63, 3.8) is 0 Å². The van der Waals surface area contributed by atoms with Crippen molar-refractivity contribution >= 4 is 23.2 Å². The van der Waals surface area contributed by atoms with Gasteiger partial charge in [0.1, 0.15) is 6.61 Å². The third-order valence-corrected chi connectivity index (χ3v) is 4.07. The van der Waals surface area contributed by atoms with Gasteiger partial charge in [-0.3, -0.25) is 4.79 Å². The van der Waals surface area contributed by atoms with Crippen molar-refractivity contribution in [2.45, 2.75) is 6.92 Å². The lowest BCUT2D eigenvalue weighted by Gasteiger charge is -2.20. The van der Waals surface area contributed by atoms with E-state index in [1.807, 2.05) is 13.0 Å². The minimum absolute atomic E-state index is 0.0158. The van der Waals surface area contributed by atoms with Gasteiger partial charge in [0.25, 0.3) is 0 Å². The lowest BCUT2D eigenvalue weighted by atomic mass is 9.99. The Morgan fingerprint density at radius 2 is 2.30 bits per heavy atom. The Morgan fingerprint density at radius 3 is 3.00 bits per heavy atom. The summed E-state index contributed by atoms with van der Waals surface area (Å²) in [6.45, 7) is 2.18. The molecule has 5 heteroatoms. The molecule has 0 bridgehead atoms. The molecule has 2 aromatic rings. The fraction of sp³-hybridized carbons (Fsp3) is 0.200. The number of Topliss-reactive ketones (excluding diaryl/α,β-unsaturated/α-hetero) is 1. The van der Waals surface area contributed by atoms with Crippen LogP contribution in [-0.4, -0.2) is 24.5 Å². The number of ether oxygens (including phenoxy) is 2. The topological polar surface area (TPSA) is 48.4 Å². The molecule has 0 saturated heterocycles. The highest BCUT2D eigenvalue weighted by molar-refractivity contribution is 7.10. The van der Waals surface area contributed by atoms with Gasteiger partial charge < -0.3 is 9.47 Å². The number of para-hydroxylation sites is 1. The molecule has 20 heavy (non-hydrogen) atoms. The van der Waals surface area contributed by atoms with Crippen LogP contribution in [0.25, 0.3) is 6.08 Å². The number of aryl methyl sites for hydroxylation is 1. The Bertz CT molecular complexity index is 703. The minimum Gasteiger partial charge on any atom is -0.493 e. The molecule has 2 heterocycles. The molecule has 0 spiro atoms. The number of aromatic nitrogens is 1. The van der Waals surface area contributed by atoms with E-state index >= 15 is 0 Å². The summed E-state index contributed by atoms with van der Waals surface area (Å²) in [5, 5.41) is 0. The van der Waals surface area contributed by atoms with Crippen LogP contribution in [0.15, 0.2) is 29.3 Å². The van der Waals surface area contributed by atoms with Crippen LogP contribution in [0.2, 0.25) is 0 Å². The summed E-state index contributed by atoms with van der Waals surface area (Å²) in [5.74, 6) is 1.10. The summed E-state index contributed by atoms with van der Waals surface area (Å²) in [4.78, 5) is 17.7. The maximum Gasteiger partial charge on any atom is 0.196 e. The van der Waals surface area contributed by atoms with E-state index in [-0.39, 0.29) is 12.4 Å². The van der Waals surface area contributed by atoms with Crippen molar-refractivity contribution in [1.29, 1.82) is 0 Å². The number of ketones is 1. The average molecular weight is 287 g/mol. The second kappa shape index (κ2) is 5.09. The maximum absolute atomic E-state index is 12.5. The molecule has 4 nitrogen and oxygen atoms in total. The SMILES string of the molecule is COc1cccc2c1OCC(=Cc1scnc1C)C2=O. The van der Waals surface area contributed by atoms with Crippen LogP contribution in [0.1, 0.15) is 20.9 Å². The smallest absolute Gasteiger partial charge is 0.196 e. The zero-order valence-electron chi connectivity index (χ0n) is 11.2. The summed E-state index contributed by atoms with van der Waals surface area (Å²) >= 11 is 1.51. The molecule has 0 unspecified atom stereocenters. The van der Waals surface area contributed by atoms with Crippen molar-refractivity contribution in [1.82, 2.24) is 4.98 Å². The number of methoxy groups -OCH3 is 1. The van der Waals surface area contributed by atoms with Crippen LogP contribution in [-0.2, 0) is 0 Å². The van der Waals surface area contributed by atoms with Gasteiger partial charge in [0.05, 0.1) is 28.8 Å². The molecule has 1 aliphatic rings. The van der Waals surface area contributed by atoms with Gasteiger partial charge in [-0.25, -0.2) is 4.98 Å². The summed E-state index contributed by atoms with van der Waals surface area (Å²) < 4.78 is 10.9. The lowest BCUT2D eigenvalue weighted by molar-refractivity contribution is 0.0999.